The van der Waals surface area contributed by atoms with Gasteiger partial charge in [-0.2, -0.15) is 0 Å². The van der Waals surface area contributed by atoms with Crippen molar-refractivity contribution in [1.29, 1.82) is 0 Å². The van der Waals surface area contributed by atoms with E-state index in [1.807, 2.05) is 28.5 Å². The zero-order valence-electron chi connectivity index (χ0n) is 16.3. The van der Waals surface area contributed by atoms with E-state index in [-0.39, 0.29) is 35.8 Å². The summed E-state index contributed by atoms with van der Waals surface area (Å²) in [6.45, 7) is 2.06. The standard InChI is InChI=1S/C22H20FN3O2S2/c1-14-10-15-4-2-3-5-19(15)26(14)21(28)11-18-12-29-22(25-18)30-13-20(27)24-17-8-6-16(23)7-9-17/h2-9,12,14H,10-11,13H2,1H3,(H,24,27)/t14-/m0/s1. The van der Waals surface area contributed by atoms with Crippen molar-refractivity contribution in [3.63, 3.8) is 0 Å². The zero-order chi connectivity index (χ0) is 21.1. The molecule has 1 aliphatic rings. The fraction of sp³-hybridized carbons (Fsp3) is 0.227. The van der Waals surface area contributed by atoms with Crippen molar-refractivity contribution in [3.8, 4) is 0 Å². The molecule has 5 nitrogen and oxygen atoms in total. The maximum absolute atomic E-state index is 12.9. The number of carbonyl (C=O) groups is 2. The number of fused-ring (bicyclic) bond motifs is 1. The highest BCUT2D eigenvalue weighted by Crippen LogP contribution is 2.32. The summed E-state index contributed by atoms with van der Waals surface area (Å²) in [5.74, 6) is -0.321. The van der Waals surface area contributed by atoms with Gasteiger partial charge in [-0.25, -0.2) is 9.37 Å². The number of hydrogen-bond donors (Lipinski definition) is 1. The Bertz CT molecular complexity index is 1070. The van der Waals surface area contributed by atoms with E-state index >= 15 is 0 Å². The first kappa shape index (κ1) is 20.6. The molecule has 0 unspecified atom stereocenters. The van der Waals surface area contributed by atoms with Crippen molar-refractivity contribution in [3.05, 3.63) is 71.0 Å². The van der Waals surface area contributed by atoms with E-state index in [1.165, 1.54) is 52.9 Å². The second-order valence-electron chi connectivity index (χ2n) is 7.07. The van der Waals surface area contributed by atoms with Crippen LogP contribution in [0.3, 0.4) is 0 Å². The van der Waals surface area contributed by atoms with Crippen molar-refractivity contribution in [2.75, 3.05) is 16.0 Å². The van der Waals surface area contributed by atoms with E-state index in [9.17, 15) is 14.0 Å². The molecule has 4 rings (SSSR count). The van der Waals surface area contributed by atoms with Crippen LogP contribution >= 0.6 is 23.1 Å². The van der Waals surface area contributed by atoms with Crippen molar-refractivity contribution in [2.24, 2.45) is 0 Å². The smallest absolute Gasteiger partial charge is 0.234 e. The molecule has 8 heteroatoms. The topological polar surface area (TPSA) is 62.3 Å². The van der Waals surface area contributed by atoms with Gasteiger partial charge in [0, 0.05) is 22.8 Å². The number of hydrogen-bond acceptors (Lipinski definition) is 5. The predicted octanol–water partition coefficient (Wildman–Crippen LogP) is 4.53. The number of thioether (sulfide) groups is 1. The molecule has 0 aliphatic carbocycles. The van der Waals surface area contributed by atoms with Gasteiger partial charge < -0.3 is 10.2 Å². The fourth-order valence-corrected chi connectivity index (χ4v) is 5.12. The molecule has 2 aromatic carbocycles. The molecule has 1 atom stereocenters. The summed E-state index contributed by atoms with van der Waals surface area (Å²) >= 11 is 2.74. The van der Waals surface area contributed by atoms with Crippen molar-refractivity contribution in [2.45, 2.75) is 30.1 Å². The van der Waals surface area contributed by atoms with Crippen molar-refractivity contribution >= 4 is 46.3 Å². The Balaban J connectivity index is 1.31. The molecule has 2 heterocycles. The Kier molecular flexibility index (Phi) is 6.15. The summed E-state index contributed by atoms with van der Waals surface area (Å²) < 4.78 is 13.7. The predicted molar refractivity (Wildman–Crippen MR) is 119 cm³/mol. The van der Waals surface area contributed by atoms with Crippen LogP contribution in [-0.4, -0.2) is 28.6 Å². The minimum Gasteiger partial charge on any atom is -0.325 e. The van der Waals surface area contributed by atoms with E-state index in [2.05, 4.69) is 23.3 Å². The number of nitrogens with zero attached hydrogens (tertiary/aromatic N) is 2. The van der Waals surface area contributed by atoms with Crippen LogP contribution in [0.2, 0.25) is 0 Å². The SMILES string of the molecule is C[C@H]1Cc2ccccc2N1C(=O)Cc1csc(SCC(=O)Nc2ccc(F)cc2)n1. The largest absolute Gasteiger partial charge is 0.325 e. The van der Waals surface area contributed by atoms with E-state index in [0.29, 0.717) is 11.4 Å². The molecule has 0 bridgehead atoms. The van der Waals surface area contributed by atoms with E-state index < -0.39 is 0 Å². The van der Waals surface area contributed by atoms with Crippen LogP contribution in [0.4, 0.5) is 15.8 Å². The first-order valence-electron chi connectivity index (χ1n) is 9.52. The first-order chi connectivity index (χ1) is 14.5. The van der Waals surface area contributed by atoms with Gasteiger partial charge in [-0.3, -0.25) is 9.59 Å². The lowest BCUT2D eigenvalue weighted by Crippen LogP contribution is -2.36. The summed E-state index contributed by atoms with van der Waals surface area (Å²) in [5, 5.41) is 4.59. The van der Waals surface area contributed by atoms with Gasteiger partial charge >= 0.3 is 0 Å². The summed E-state index contributed by atoms with van der Waals surface area (Å²) in [6.07, 6.45) is 1.10. The maximum Gasteiger partial charge on any atom is 0.234 e. The van der Waals surface area contributed by atoms with Gasteiger partial charge in [0.05, 0.1) is 17.9 Å². The van der Waals surface area contributed by atoms with Crippen LogP contribution in [0.25, 0.3) is 0 Å². The molecule has 154 valence electrons. The number of aromatic nitrogens is 1. The van der Waals surface area contributed by atoms with E-state index in [1.54, 1.807) is 0 Å². The lowest BCUT2D eigenvalue weighted by Gasteiger charge is -2.22. The second-order valence-corrected chi connectivity index (χ2v) is 9.15. The summed E-state index contributed by atoms with van der Waals surface area (Å²) in [5.41, 5.74) is 3.44. The van der Waals surface area contributed by atoms with Crippen LogP contribution in [0.15, 0.2) is 58.3 Å². The number of anilines is 2. The average Bonchev–Trinajstić information content (AvgIpc) is 3.31. The minimum absolute atomic E-state index is 0.0309. The summed E-state index contributed by atoms with van der Waals surface area (Å²) in [4.78, 5) is 31.3. The third-order valence-corrected chi connectivity index (χ3v) is 6.86. The highest BCUT2D eigenvalue weighted by atomic mass is 32.2. The molecule has 2 amide bonds. The highest BCUT2D eigenvalue weighted by Gasteiger charge is 2.30. The molecule has 1 aliphatic heterocycles. The highest BCUT2D eigenvalue weighted by molar-refractivity contribution is 8.01. The van der Waals surface area contributed by atoms with Crippen molar-refractivity contribution < 1.29 is 14.0 Å². The minimum atomic E-state index is -0.348. The second kappa shape index (κ2) is 8.97. The van der Waals surface area contributed by atoms with Gasteiger partial charge in [-0.1, -0.05) is 30.0 Å². The molecule has 3 aromatic rings. The molecule has 0 fully saturated rings. The Morgan fingerprint density at radius 2 is 2.00 bits per heavy atom. The number of amides is 2. The molecule has 0 spiro atoms. The van der Waals surface area contributed by atoms with Crippen LogP contribution in [0.5, 0.6) is 0 Å². The molecule has 0 saturated heterocycles. The number of benzene rings is 2. The average molecular weight is 442 g/mol. The monoisotopic (exact) mass is 441 g/mol. The van der Waals surface area contributed by atoms with Gasteiger partial charge in [0.1, 0.15) is 5.82 Å². The Morgan fingerprint density at radius 3 is 2.80 bits per heavy atom. The van der Waals surface area contributed by atoms with E-state index in [4.69, 9.17) is 0 Å². The third-order valence-electron chi connectivity index (χ3n) is 4.79. The lowest BCUT2D eigenvalue weighted by molar-refractivity contribution is -0.118. The number of thiazole rings is 1. The third kappa shape index (κ3) is 4.71. The Hall–Kier alpha value is -2.71. The van der Waals surface area contributed by atoms with Crippen LogP contribution in [0.1, 0.15) is 18.2 Å². The zero-order valence-corrected chi connectivity index (χ0v) is 17.9. The van der Waals surface area contributed by atoms with Gasteiger partial charge in [0.25, 0.3) is 0 Å². The Morgan fingerprint density at radius 1 is 1.23 bits per heavy atom. The molecule has 1 N–H and O–H groups in total. The number of halogens is 1. The molecule has 0 radical (unpaired) electrons. The normalized spacial score (nSPS) is 15.1. The van der Waals surface area contributed by atoms with Crippen LogP contribution in [-0.2, 0) is 22.4 Å². The number of para-hydroxylation sites is 1. The number of rotatable bonds is 6. The van der Waals surface area contributed by atoms with Gasteiger partial charge in [-0.15, -0.1) is 11.3 Å². The maximum atomic E-state index is 12.9. The van der Waals surface area contributed by atoms with Gasteiger partial charge in [-0.05, 0) is 49.2 Å². The Labute approximate surface area is 182 Å². The quantitative estimate of drug-likeness (QED) is 0.571. The van der Waals surface area contributed by atoms with Crippen LogP contribution in [0, 0.1) is 5.82 Å². The molecular weight excluding hydrogens is 421 g/mol. The molecule has 30 heavy (non-hydrogen) atoms. The summed E-state index contributed by atoms with van der Waals surface area (Å²) in [7, 11) is 0. The first-order valence-corrected chi connectivity index (χ1v) is 11.4. The number of carbonyl (C=O) groups excluding carboxylic acids is 2. The molecule has 0 saturated carbocycles. The van der Waals surface area contributed by atoms with Crippen molar-refractivity contribution in [1.82, 2.24) is 4.98 Å². The number of nitrogens with one attached hydrogen (secondary N) is 1. The van der Waals surface area contributed by atoms with Gasteiger partial charge in [0.2, 0.25) is 11.8 Å². The van der Waals surface area contributed by atoms with Crippen LogP contribution < -0.4 is 10.2 Å². The van der Waals surface area contributed by atoms with E-state index in [0.717, 1.165) is 16.4 Å². The fourth-order valence-electron chi connectivity index (χ4n) is 3.48. The lowest BCUT2D eigenvalue weighted by atomic mass is 10.1. The molecule has 1 aromatic heterocycles. The van der Waals surface area contributed by atoms with Gasteiger partial charge in [0.15, 0.2) is 4.34 Å². The summed E-state index contributed by atoms with van der Waals surface area (Å²) in [6, 6.07) is 13.8. The molecular formula is C22H20FN3O2S2.